The highest BCUT2D eigenvalue weighted by molar-refractivity contribution is 7.92. The molecule has 8 rings (SSSR count). The number of anilines is 7. The zero-order valence-corrected chi connectivity index (χ0v) is 42.1. The molecule has 3 aromatic carbocycles. The van der Waals surface area contributed by atoms with Crippen LogP contribution in [0.2, 0.25) is 5.02 Å². The molecule has 0 radical (unpaired) electrons. The molecule has 4 fully saturated rings. The van der Waals surface area contributed by atoms with Crippen molar-refractivity contribution in [3.63, 3.8) is 0 Å². The average Bonchev–Trinajstić information content (AvgIpc) is 3.36. The highest BCUT2D eigenvalue weighted by Gasteiger charge is 2.31. The maximum Gasteiger partial charge on any atom is 0.234 e. The molecule has 4 aromatic rings. The molecular formula is C50H67ClN10O7S. The summed E-state index contributed by atoms with van der Waals surface area (Å²) < 4.78 is 43.8. The average molecular weight is 988 g/mol. The number of imide groups is 1. The molecule has 0 aliphatic carbocycles. The van der Waals surface area contributed by atoms with Crippen LogP contribution < -0.4 is 39.5 Å². The molecule has 2 amide bonds. The van der Waals surface area contributed by atoms with Gasteiger partial charge in [-0.05, 0) is 86.4 Å². The Morgan fingerprint density at radius 3 is 2.25 bits per heavy atom. The summed E-state index contributed by atoms with van der Waals surface area (Å²) in [6.45, 7) is 12.2. The number of piperidine rings is 3. The third kappa shape index (κ3) is 12.3. The van der Waals surface area contributed by atoms with Crippen molar-refractivity contribution in [2.45, 2.75) is 76.4 Å². The molecule has 372 valence electrons. The van der Waals surface area contributed by atoms with Crippen molar-refractivity contribution in [2.24, 2.45) is 0 Å². The van der Waals surface area contributed by atoms with Gasteiger partial charge in [-0.25, -0.2) is 13.4 Å². The Bertz CT molecular complexity index is 2530. The van der Waals surface area contributed by atoms with Crippen molar-refractivity contribution < 1.29 is 32.2 Å². The molecule has 4 aliphatic rings. The van der Waals surface area contributed by atoms with Crippen molar-refractivity contribution in [1.29, 1.82) is 0 Å². The molecule has 17 nitrogen and oxygen atoms in total. The smallest absolute Gasteiger partial charge is 0.234 e. The first-order valence-corrected chi connectivity index (χ1v) is 26.4. The van der Waals surface area contributed by atoms with Crippen LogP contribution in [0.4, 0.5) is 40.2 Å². The fourth-order valence-electron chi connectivity index (χ4n) is 9.98. The van der Waals surface area contributed by atoms with Crippen LogP contribution in [0.3, 0.4) is 0 Å². The van der Waals surface area contributed by atoms with E-state index in [0.717, 1.165) is 122 Å². The van der Waals surface area contributed by atoms with Gasteiger partial charge in [-0.15, -0.1) is 0 Å². The first kappa shape index (κ1) is 50.0. The van der Waals surface area contributed by atoms with E-state index in [4.69, 9.17) is 25.8 Å². The monoisotopic (exact) mass is 986 g/mol. The van der Waals surface area contributed by atoms with E-state index in [2.05, 4.69) is 76.7 Å². The zero-order chi connectivity index (χ0) is 48.7. The number of rotatable bonds is 18. The molecule has 5 heterocycles. The number of ether oxygens (including phenoxy) is 3. The van der Waals surface area contributed by atoms with Gasteiger partial charge in [0.2, 0.25) is 27.8 Å². The number of nitrogens with zero attached hydrogens (tertiary/aromatic N) is 7. The highest BCUT2D eigenvalue weighted by Crippen LogP contribution is 2.39. The standard InChI is InChI=1S/C50H67ClN10O7S/c1-6-34-30-43(54-50-52-33-41(51)48(56-50)53-42-14-12-39(66-3)31-45(42)57(2)69(5,64)65)46(67-4)32-44(34)61-21-16-37(17-22-61)60-27-25-58(26-28-60)20-7-29-68-38-18-23-59(24-19-38)36-10-8-35(9-11-36)40-13-15-47(62)55-49(40)63/h8-12,14,30-33,37-38,40H,6-7,13,15-29H2,1-5H3,(H,55,62,63)(H2,52,53,54,56). The number of carbonyl (C=O) groups excluding carboxylic acids is 2. The lowest BCUT2D eigenvalue weighted by Gasteiger charge is -2.43. The predicted molar refractivity (Wildman–Crippen MR) is 273 cm³/mol. The Morgan fingerprint density at radius 2 is 1.58 bits per heavy atom. The van der Waals surface area contributed by atoms with E-state index in [1.807, 2.05) is 12.1 Å². The number of hydrogen-bond acceptors (Lipinski definition) is 15. The second-order valence-corrected chi connectivity index (χ2v) is 20.8. The number of piperazine rings is 1. The van der Waals surface area contributed by atoms with Crippen LogP contribution in [0.5, 0.6) is 11.5 Å². The minimum absolute atomic E-state index is 0.183. The second-order valence-electron chi connectivity index (χ2n) is 18.4. The van der Waals surface area contributed by atoms with Crippen molar-refractivity contribution in [1.82, 2.24) is 25.1 Å². The van der Waals surface area contributed by atoms with Crippen LogP contribution in [0.1, 0.15) is 68.9 Å². The highest BCUT2D eigenvalue weighted by atomic mass is 35.5. The van der Waals surface area contributed by atoms with E-state index < -0.39 is 10.0 Å². The maximum atomic E-state index is 12.5. The minimum Gasteiger partial charge on any atom is -0.497 e. The topological polar surface area (TPSA) is 174 Å². The zero-order valence-electron chi connectivity index (χ0n) is 40.5. The van der Waals surface area contributed by atoms with Gasteiger partial charge in [0, 0.05) is 109 Å². The van der Waals surface area contributed by atoms with Gasteiger partial charge in [0.25, 0.3) is 0 Å². The van der Waals surface area contributed by atoms with Gasteiger partial charge >= 0.3 is 0 Å². The fraction of sp³-hybridized carbons (Fsp3) is 0.520. The number of carbonyl (C=O) groups is 2. The lowest BCUT2D eigenvalue weighted by molar-refractivity contribution is -0.134. The van der Waals surface area contributed by atoms with Crippen LogP contribution in [0, 0.1) is 0 Å². The van der Waals surface area contributed by atoms with E-state index in [-0.39, 0.29) is 22.8 Å². The van der Waals surface area contributed by atoms with Gasteiger partial charge in [0.05, 0.1) is 55.8 Å². The summed E-state index contributed by atoms with van der Waals surface area (Å²) in [5.74, 6) is 1.13. The molecule has 19 heteroatoms. The van der Waals surface area contributed by atoms with Crippen LogP contribution in [0.25, 0.3) is 0 Å². The van der Waals surface area contributed by atoms with Crippen LogP contribution in [-0.4, -0.2) is 145 Å². The van der Waals surface area contributed by atoms with Crippen LogP contribution in [0.15, 0.2) is 60.8 Å². The molecule has 0 bridgehead atoms. The lowest BCUT2D eigenvalue weighted by atomic mass is 9.90. The number of benzene rings is 3. The summed E-state index contributed by atoms with van der Waals surface area (Å²) in [5.41, 5.74) is 6.07. The first-order valence-electron chi connectivity index (χ1n) is 24.2. The molecule has 1 atom stereocenters. The van der Waals surface area contributed by atoms with E-state index in [1.165, 1.54) is 41.6 Å². The van der Waals surface area contributed by atoms with Crippen molar-refractivity contribution in [3.05, 3.63) is 76.9 Å². The van der Waals surface area contributed by atoms with Crippen LogP contribution in [-0.2, 0) is 30.8 Å². The Morgan fingerprint density at radius 1 is 0.855 bits per heavy atom. The number of methoxy groups -OCH3 is 2. The van der Waals surface area contributed by atoms with Crippen molar-refractivity contribution in [2.75, 3.05) is 118 Å². The number of nitrogens with one attached hydrogen (secondary N) is 3. The molecule has 4 aliphatic heterocycles. The number of halogens is 1. The predicted octanol–water partition coefficient (Wildman–Crippen LogP) is 6.77. The quantitative estimate of drug-likeness (QED) is 0.0703. The van der Waals surface area contributed by atoms with E-state index >= 15 is 0 Å². The Hall–Kier alpha value is -5.40. The van der Waals surface area contributed by atoms with Gasteiger partial charge in [0.1, 0.15) is 16.5 Å². The molecule has 69 heavy (non-hydrogen) atoms. The fourth-order valence-corrected chi connectivity index (χ4v) is 10.6. The second kappa shape index (κ2) is 22.6. The normalized spacial score (nSPS) is 19.1. The van der Waals surface area contributed by atoms with Crippen molar-refractivity contribution in [3.8, 4) is 11.5 Å². The Kier molecular flexibility index (Phi) is 16.4. The number of aromatic nitrogens is 2. The molecule has 4 saturated heterocycles. The van der Waals surface area contributed by atoms with E-state index in [9.17, 15) is 18.0 Å². The molecule has 0 saturated carbocycles. The third-order valence-electron chi connectivity index (χ3n) is 14.1. The summed E-state index contributed by atoms with van der Waals surface area (Å²) in [6.07, 6.45) is 9.98. The van der Waals surface area contributed by atoms with E-state index in [0.29, 0.717) is 59.6 Å². The first-order chi connectivity index (χ1) is 33.3. The molecular weight excluding hydrogens is 920 g/mol. The van der Waals surface area contributed by atoms with Crippen LogP contribution >= 0.6 is 11.6 Å². The number of aryl methyl sites for hydroxylation is 1. The summed E-state index contributed by atoms with van der Waals surface area (Å²) in [4.78, 5) is 43.1. The Balaban J connectivity index is 0.770. The largest absolute Gasteiger partial charge is 0.497 e. The summed E-state index contributed by atoms with van der Waals surface area (Å²) in [6, 6.07) is 18.1. The third-order valence-corrected chi connectivity index (χ3v) is 15.6. The lowest BCUT2D eigenvalue weighted by Crippen LogP contribution is -2.53. The number of hydrogen-bond donors (Lipinski definition) is 3. The SMILES string of the molecule is CCc1cc(Nc2ncc(Cl)c(Nc3ccc(OC)cc3N(C)S(C)(=O)=O)n2)c(OC)cc1N1CCC(N2CCN(CCCOC3CCN(c4ccc(C5CCC(=O)NC5=O)cc4)CC3)CC2)CC1. The van der Waals surface area contributed by atoms with Crippen molar-refractivity contribution >= 4 is 73.6 Å². The van der Waals surface area contributed by atoms with Gasteiger partial charge in [-0.3, -0.25) is 24.1 Å². The minimum atomic E-state index is -3.58. The molecule has 1 unspecified atom stereocenters. The van der Waals surface area contributed by atoms with Gasteiger partial charge in [-0.2, -0.15) is 4.98 Å². The summed E-state index contributed by atoms with van der Waals surface area (Å²) in [7, 11) is 1.07. The maximum absolute atomic E-state index is 12.5. The molecule has 3 N–H and O–H groups in total. The summed E-state index contributed by atoms with van der Waals surface area (Å²) in [5, 5.41) is 9.25. The van der Waals surface area contributed by atoms with Gasteiger partial charge in [0.15, 0.2) is 5.82 Å². The number of amides is 2. The molecule has 1 aromatic heterocycles. The molecule has 0 spiro atoms. The summed E-state index contributed by atoms with van der Waals surface area (Å²) >= 11 is 6.57. The van der Waals surface area contributed by atoms with Gasteiger partial charge < -0.3 is 39.5 Å². The van der Waals surface area contributed by atoms with Gasteiger partial charge in [-0.1, -0.05) is 30.7 Å². The Labute approximate surface area is 411 Å². The number of sulfonamides is 1. The van der Waals surface area contributed by atoms with E-state index in [1.54, 1.807) is 25.3 Å².